The summed E-state index contributed by atoms with van der Waals surface area (Å²) in [5.74, 6) is -5.59. The molecule has 0 aromatic carbocycles. The third kappa shape index (κ3) is 6.65. The topological polar surface area (TPSA) is 205 Å². The molecule has 1 heterocycles. The number of Topliss-reactive ketones (excluding diaryl/α,β-unsaturated/α-hetero) is 1. The summed E-state index contributed by atoms with van der Waals surface area (Å²) in [5, 5.41) is 25.1. The fourth-order valence-electron chi connectivity index (χ4n) is 2.85. The number of carbonyl (C=O) groups excluding carboxylic acids is 4. The van der Waals surface area contributed by atoms with E-state index in [1.54, 1.807) is 0 Å². The molecule has 2 aliphatic rings. The molecule has 13 heteroatoms. The molecule has 1 aliphatic heterocycles. The van der Waals surface area contributed by atoms with Crippen LogP contribution in [-0.4, -0.2) is 76.5 Å². The van der Waals surface area contributed by atoms with Gasteiger partial charge in [-0.1, -0.05) is 0 Å². The van der Waals surface area contributed by atoms with Crippen molar-refractivity contribution in [2.45, 2.75) is 31.3 Å². The van der Waals surface area contributed by atoms with Crippen molar-refractivity contribution < 1.29 is 39.0 Å². The first-order valence-electron chi connectivity index (χ1n) is 9.28. The van der Waals surface area contributed by atoms with Crippen LogP contribution in [0.3, 0.4) is 0 Å². The van der Waals surface area contributed by atoms with Crippen molar-refractivity contribution in [2.75, 3.05) is 18.8 Å². The van der Waals surface area contributed by atoms with E-state index in [0.29, 0.717) is 24.2 Å². The number of fused-ring (bicyclic) bond motifs is 1. The average molecular weight is 454 g/mol. The Labute approximate surface area is 180 Å². The first-order chi connectivity index (χ1) is 14.6. The molecule has 0 radical (unpaired) electrons. The van der Waals surface area contributed by atoms with Crippen LogP contribution in [0.15, 0.2) is 22.3 Å². The van der Waals surface area contributed by atoms with E-state index in [9.17, 15) is 28.8 Å². The van der Waals surface area contributed by atoms with Crippen LogP contribution in [0.4, 0.5) is 0 Å². The highest BCUT2D eigenvalue weighted by Crippen LogP contribution is 2.33. The second kappa shape index (κ2) is 10.7. The zero-order valence-corrected chi connectivity index (χ0v) is 17.1. The number of carbonyl (C=O) groups is 6. The number of carboxylic acid groups (broad SMARTS) is 2. The molecule has 1 fully saturated rings. The molecule has 31 heavy (non-hydrogen) atoms. The minimum absolute atomic E-state index is 0.146. The summed E-state index contributed by atoms with van der Waals surface area (Å²) in [6.07, 6.45) is 1.30. The molecule has 2 atom stereocenters. The summed E-state index contributed by atoms with van der Waals surface area (Å²) >= 11 is 0.914. The summed E-state index contributed by atoms with van der Waals surface area (Å²) in [5.41, 5.74) is 6.55. The molecule has 1 saturated heterocycles. The molecule has 0 spiro atoms. The van der Waals surface area contributed by atoms with Crippen LogP contribution in [0.1, 0.15) is 19.3 Å². The van der Waals surface area contributed by atoms with E-state index < -0.39 is 53.9 Å². The van der Waals surface area contributed by atoms with E-state index in [1.165, 1.54) is 6.08 Å². The minimum atomic E-state index is -1.29. The van der Waals surface area contributed by atoms with Crippen LogP contribution < -0.4 is 21.7 Å². The molecule has 1 aliphatic carbocycles. The summed E-state index contributed by atoms with van der Waals surface area (Å²) < 4.78 is 0. The Morgan fingerprint density at radius 3 is 2.58 bits per heavy atom. The van der Waals surface area contributed by atoms with Gasteiger partial charge in [-0.3, -0.25) is 28.8 Å². The van der Waals surface area contributed by atoms with Gasteiger partial charge in [0.15, 0.2) is 0 Å². The Bertz CT molecular complexity index is 882. The summed E-state index contributed by atoms with van der Waals surface area (Å²) in [4.78, 5) is 70.4. The first kappa shape index (κ1) is 24.1. The Morgan fingerprint density at radius 2 is 1.94 bits per heavy atom. The van der Waals surface area contributed by atoms with Crippen LogP contribution in [0.5, 0.6) is 0 Å². The van der Waals surface area contributed by atoms with Crippen LogP contribution in [0.25, 0.3) is 0 Å². The fraction of sp³-hybridized carbons (Fsp3) is 0.444. The number of nitrogens with two attached hydrogens (primary N) is 1. The Balaban J connectivity index is 2.08. The lowest BCUT2D eigenvalue weighted by atomic mass is 10.0. The van der Waals surface area contributed by atoms with Crippen molar-refractivity contribution >= 4 is 47.1 Å². The molecule has 12 nitrogen and oxygen atoms in total. The number of ketones is 2. The monoisotopic (exact) mass is 454 g/mol. The highest BCUT2D eigenvalue weighted by Gasteiger charge is 2.33. The van der Waals surface area contributed by atoms with E-state index in [0.717, 1.165) is 11.8 Å². The standard InChI is InChI=1S/C18H22N4O8S/c19-9(18(29)30)1-2-13(24)22-11(17(28)21-6-14(25)26)7-31-16-8-3-4-20-10(8)5-12(23)15(16)27/h5,9,11,20H,1-4,6-7,19H2,(H,21,28)(H,22,24)(H,25,26)(H,29,30)/t9-,11-/m0/s1. The Hall–Kier alpha value is -3.19. The largest absolute Gasteiger partial charge is 0.480 e. The predicted molar refractivity (Wildman–Crippen MR) is 108 cm³/mol. The van der Waals surface area contributed by atoms with Crippen molar-refractivity contribution in [1.82, 2.24) is 16.0 Å². The number of nitrogens with one attached hydrogen (secondary N) is 3. The second-order valence-electron chi connectivity index (χ2n) is 6.76. The van der Waals surface area contributed by atoms with Gasteiger partial charge in [-0.2, -0.15) is 0 Å². The Kier molecular flexibility index (Phi) is 8.33. The number of amides is 2. The maximum Gasteiger partial charge on any atom is 0.322 e. The summed E-state index contributed by atoms with van der Waals surface area (Å²) in [7, 11) is 0. The van der Waals surface area contributed by atoms with Crippen molar-refractivity contribution in [1.29, 1.82) is 0 Å². The van der Waals surface area contributed by atoms with Gasteiger partial charge in [0.1, 0.15) is 18.6 Å². The van der Waals surface area contributed by atoms with Crippen molar-refractivity contribution in [2.24, 2.45) is 5.73 Å². The SMILES string of the molecule is N[C@@H](CCC(=O)N[C@@H](CSC1=C2CCNC2=CC(=O)C1=O)C(=O)NCC(=O)O)C(=O)O. The van der Waals surface area contributed by atoms with Crippen molar-refractivity contribution in [3.05, 3.63) is 22.3 Å². The molecule has 0 aromatic heterocycles. The number of carboxylic acids is 2. The highest BCUT2D eigenvalue weighted by atomic mass is 32.2. The molecule has 7 N–H and O–H groups in total. The summed E-state index contributed by atoms with van der Waals surface area (Å²) in [6, 6.07) is -2.48. The van der Waals surface area contributed by atoms with Gasteiger partial charge >= 0.3 is 11.9 Å². The van der Waals surface area contributed by atoms with Crippen molar-refractivity contribution in [3.63, 3.8) is 0 Å². The van der Waals surface area contributed by atoms with Gasteiger partial charge in [0, 0.05) is 30.5 Å². The maximum atomic E-state index is 12.4. The van der Waals surface area contributed by atoms with Gasteiger partial charge < -0.3 is 31.9 Å². The number of allylic oxidation sites excluding steroid dienone is 3. The van der Waals surface area contributed by atoms with Crippen LogP contribution in [0.2, 0.25) is 0 Å². The Morgan fingerprint density at radius 1 is 1.23 bits per heavy atom. The third-order valence-electron chi connectivity index (χ3n) is 4.45. The van der Waals surface area contributed by atoms with Gasteiger partial charge in [-0.05, 0) is 18.4 Å². The van der Waals surface area contributed by atoms with Crippen LogP contribution >= 0.6 is 11.8 Å². The second-order valence-corrected chi connectivity index (χ2v) is 7.79. The van der Waals surface area contributed by atoms with Gasteiger partial charge in [-0.25, -0.2) is 0 Å². The van der Waals surface area contributed by atoms with Crippen LogP contribution in [-0.2, 0) is 28.8 Å². The molecule has 0 aromatic rings. The number of rotatable bonds is 11. The molecule has 168 valence electrons. The fourth-order valence-corrected chi connectivity index (χ4v) is 4.03. The first-order valence-corrected chi connectivity index (χ1v) is 10.3. The molecule has 0 unspecified atom stereocenters. The number of hydrogen-bond donors (Lipinski definition) is 6. The van der Waals surface area contributed by atoms with E-state index in [-0.39, 0.29) is 23.5 Å². The maximum absolute atomic E-state index is 12.4. The van der Waals surface area contributed by atoms with E-state index >= 15 is 0 Å². The number of hydrogen-bond acceptors (Lipinski definition) is 9. The predicted octanol–water partition coefficient (Wildman–Crippen LogP) is -2.12. The van der Waals surface area contributed by atoms with E-state index in [2.05, 4.69) is 16.0 Å². The van der Waals surface area contributed by atoms with Gasteiger partial charge in [0.05, 0.1) is 4.91 Å². The zero-order chi connectivity index (χ0) is 23.1. The smallest absolute Gasteiger partial charge is 0.322 e. The zero-order valence-electron chi connectivity index (χ0n) is 16.3. The molecule has 2 rings (SSSR count). The molecule has 0 bridgehead atoms. The lowest BCUT2D eigenvalue weighted by Crippen LogP contribution is -2.49. The lowest BCUT2D eigenvalue weighted by Gasteiger charge is -2.20. The number of aliphatic carboxylic acids is 2. The normalized spacial score (nSPS) is 17.3. The lowest BCUT2D eigenvalue weighted by molar-refractivity contribution is -0.139. The number of thioether (sulfide) groups is 1. The van der Waals surface area contributed by atoms with Crippen LogP contribution in [0, 0.1) is 0 Å². The summed E-state index contributed by atoms with van der Waals surface area (Å²) in [6.45, 7) is -0.128. The molecule has 2 amide bonds. The van der Waals surface area contributed by atoms with Crippen molar-refractivity contribution in [3.8, 4) is 0 Å². The molecular weight excluding hydrogens is 432 g/mol. The molecular formula is C18H22N4O8S. The van der Waals surface area contributed by atoms with Gasteiger partial charge in [0.2, 0.25) is 23.4 Å². The highest BCUT2D eigenvalue weighted by molar-refractivity contribution is 8.04. The third-order valence-corrected chi connectivity index (χ3v) is 5.68. The van der Waals surface area contributed by atoms with E-state index in [1.807, 2.05) is 0 Å². The minimum Gasteiger partial charge on any atom is -0.480 e. The van der Waals surface area contributed by atoms with E-state index in [4.69, 9.17) is 15.9 Å². The van der Waals surface area contributed by atoms with Gasteiger partial charge in [0.25, 0.3) is 0 Å². The molecule has 0 saturated carbocycles. The average Bonchev–Trinajstić information content (AvgIpc) is 3.17. The quantitative estimate of drug-likeness (QED) is 0.147. The van der Waals surface area contributed by atoms with Gasteiger partial charge in [-0.15, -0.1) is 11.8 Å².